The predicted molar refractivity (Wildman–Crippen MR) is 73.8 cm³/mol. The summed E-state index contributed by atoms with van der Waals surface area (Å²) in [5.41, 5.74) is -0.695. The van der Waals surface area contributed by atoms with Crippen LogP contribution >= 0.6 is 27.5 Å². The van der Waals surface area contributed by atoms with Gasteiger partial charge in [0.2, 0.25) is 0 Å². The van der Waals surface area contributed by atoms with Gasteiger partial charge in [-0.15, -0.1) is 0 Å². The van der Waals surface area contributed by atoms with E-state index in [2.05, 4.69) is 21.2 Å². The van der Waals surface area contributed by atoms with E-state index >= 15 is 0 Å². The number of hydrogen-bond donors (Lipinski definition) is 1. The average molecular weight is 369 g/mol. The number of benzene rings is 2. The number of hydrogen-bond acceptors (Lipinski definition) is 1. The summed E-state index contributed by atoms with van der Waals surface area (Å²) in [7, 11) is 0. The number of alkyl halides is 3. The Morgan fingerprint density at radius 2 is 1.75 bits per heavy atom. The minimum absolute atomic E-state index is 0.136. The second-order valence-corrected chi connectivity index (χ2v) is 5.26. The van der Waals surface area contributed by atoms with Crippen molar-refractivity contribution in [2.24, 2.45) is 0 Å². The number of halogens is 6. The topological polar surface area (TPSA) is 12.0 Å². The Hall–Kier alpha value is -1.27. The Balaban J connectivity index is 2.40. The fourth-order valence-corrected chi connectivity index (χ4v) is 2.13. The molecular weight excluding hydrogens is 361 g/mol. The maximum Gasteiger partial charge on any atom is 0.418 e. The van der Waals surface area contributed by atoms with Crippen LogP contribution in [0.2, 0.25) is 5.02 Å². The molecule has 0 aromatic heterocycles. The van der Waals surface area contributed by atoms with Crippen LogP contribution in [-0.4, -0.2) is 0 Å². The van der Waals surface area contributed by atoms with Crippen molar-refractivity contribution >= 4 is 38.9 Å². The molecule has 0 bridgehead atoms. The Bertz CT molecular complexity index is 643. The van der Waals surface area contributed by atoms with Crippen LogP contribution in [-0.2, 0) is 6.18 Å². The molecule has 0 fully saturated rings. The van der Waals surface area contributed by atoms with E-state index in [4.69, 9.17) is 11.6 Å². The Morgan fingerprint density at radius 3 is 2.35 bits per heavy atom. The number of rotatable bonds is 2. The summed E-state index contributed by atoms with van der Waals surface area (Å²) in [5.74, 6) is -0.635. The third-order valence-electron chi connectivity index (χ3n) is 2.49. The van der Waals surface area contributed by atoms with Crippen molar-refractivity contribution in [2.75, 3.05) is 5.32 Å². The van der Waals surface area contributed by atoms with Gasteiger partial charge in [-0.05, 0) is 36.4 Å². The molecule has 0 atom stereocenters. The predicted octanol–water partition coefficient (Wildman–Crippen LogP) is 6.00. The van der Waals surface area contributed by atoms with Gasteiger partial charge in [-0.3, -0.25) is 0 Å². The molecule has 2 aromatic carbocycles. The van der Waals surface area contributed by atoms with Gasteiger partial charge in [0.15, 0.2) is 0 Å². The van der Waals surface area contributed by atoms with Gasteiger partial charge in [0, 0.05) is 10.2 Å². The highest BCUT2D eigenvalue weighted by Gasteiger charge is 2.33. The molecule has 0 saturated heterocycles. The maximum atomic E-state index is 13.0. The molecule has 1 nitrogen and oxygen atoms in total. The largest absolute Gasteiger partial charge is 0.418 e. The molecule has 2 aromatic rings. The molecule has 20 heavy (non-hydrogen) atoms. The van der Waals surface area contributed by atoms with E-state index in [0.29, 0.717) is 4.47 Å². The first-order valence-electron chi connectivity index (χ1n) is 5.36. The minimum atomic E-state index is -4.50. The number of nitrogens with one attached hydrogen (secondary N) is 1. The quantitative estimate of drug-likeness (QED) is 0.641. The molecule has 0 aliphatic rings. The summed E-state index contributed by atoms with van der Waals surface area (Å²) < 4.78 is 52.1. The zero-order chi connectivity index (χ0) is 14.9. The van der Waals surface area contributed by atoms with Crippen LogP contribution in [0.5, 0.6) is 0 Å². The van der Waals surface area contributed by atoms with Crippen LogP contribution in [0.4, 0.5) is 28.9 Å². The summed E-state index contributed by atoms with van der Waals surface area (Å²) in [6.07, 6.45) is -4.50. The molecule has 0 saturated carbocycles. The molecule has 0 spiro atoms. The summed E-state index contributed by atoms with van der Waals surface area (Å²) in [6.45, 7) is 0. The van der Waals surface area contributed by atoms with Crippen LogP contribution in [0.25, 0.3) is 0 Å². The lowest BCUT2D eigenvalue weighted by Gasteiger charge is -2.15. The van der Waals surface area contributed by atoms with Gasteiger partial charge in [0.05, 0.1) is 16.3 Å². The van der Waals surface area contributed by atoms with Crippen molar-refractivity contribution in [3.05, 3.63) is 57.3 Å². The van der Waals surface area contributed by atoms with E-state index in [-0.39, 0.29) is 16.4 Å². The Kier molecular flexibility index (Phi) is 4.25. The van der Waals surface area contributed by atoms with E-state index in [1.165, 1.54) is 24.3 Å². The monoisotopic (exact) mass is 367 g/mol. The third kappa shape index (κ3) is 3.43. The SMILES string of the molecule is Fc1ccc(Nc2ccc(Br)cc2C(F)(F)F)cc1Cl. The molecule has 0 unspecified atom stereocenters. The van der Waals surface area contributed by atoms with E-state index in [9.17, 15) is 17.6 Å². The summed E-state index contributed by atoms with van der Waals surface area (Å²) in [4.78, 5) is 0. The molecule has 7 heteroatoms. The van der Waals surface area contributed by atoms with Crippen LogP contribution < -0.4 is 5.32 Å². The molecule has 0 radical (unpaired) electrons. The number of anilines is 2. The first-order valence-corrected chi connectivity index (χ1v) is 6.53. The van der Waals surface area contributed by atoms with Gasteiger partial charge in [-0.25, -0.2) is 4.39 Å². The summed E-state index contributed by atoms with van der Waals surface area (Å²) in [6, 6.07) is 7.33. The highest BCUT2D eigenvalue weighted by Crippen LogP contribution is 2.38. The highest BCUT2D eigenvalue weighted by atomic mass is 79.9. The fraction of sp³-hybridized carbons (Fsp3) is 0.0769. The van der Waals surface area contributed by atoms with E-state index < -0.39 is 17.6 Å². The molecule has 1 N–H and O–H groups in total. The van der Waals surface area contributed by atoms with Crippen molar-refractivity contribution in [3.63, 3.8) is 0 Å². The summed E-state index contributed by atoms with van der Waals surface area (Å²) in [5, 5.41) is 2.42. The van der Waals surface area contributed by atoms with Gasteiger partial charge < -0.3 is 5.32 Å². The third-order valence-corrected chi connectivity index (χ3v) is 3.27. The lowest BCUT2D eigenvalue weighted by Crippen LogP contribution is -2.08. The lowest BCUT2D eigenvalue weighted by molar-refractivity contribution is -0.137. The molecule has 106 valence electrons. The molecule has 2 rings (SSSR count). The van der Waals surface area contributed by atoms with Crippen LogP contribution in [0.3, 0.4) is 0 Å². The van der Waals surface area contributed by atoms with E-state index in [1.54, 1.807) is 0 Å². The first-order chi connectivity index (χ1) is 9.27. The van der Waals surface area contributed by atoms with E-state index in [0.717, 1.165) is 12.1 Å². The van der Waals surface area contributed by atoms with Crippen LogP contribution in [0, 0.1) is 5.82 Å². The smallest absolute Gasteiger partial charge is 0.355 e. The van der Waals surface area contributed by atoms with Crippen molar-refractivity contribution in [1.82, 2.24) is 0 Å². The maximum absolute atomic E-state index is 13.0. The highest BCUT2D eigenvalue weighted by molar-refractivity contribution is 9.10. The van der Waals surface area contributed by atoms with Crippen molar-refractivity contribution in [1.29, 1.82) is 0 Å². The minimum Gasteiger partial charge on any atom is -0.355 e. The van der Waals surface area contributed by atoms with Crippen molar-refractivity contribution in [3.8, 4) is 0 Å². The Morgan fingerprint density at radius 1 is 1.05 bits per heavy atom. The van der Waals surface area contributed by atoms with E-state index in [1.807, 2.05) is 0 Å². The average Bonchev–Trinajstić information content (AvgIpc) is 2.35. The standard InChI is InChI=1S/C13H7BrClF4N/c14-7-1-4-12(9(5-7)13(17,18)19)20-8-2-3-11(16)10(15)6-8/h1-6,20H. The zero-order valence-electron chi connectivity index (χ0n) is 9.73. The van der Waals surface area contributed by atoms with Crippen molar-refractivity contribution in [2.45, 2.75) is 6.18 Å². The molecule has 0 aliphatic carbocycles. The van der Waals surface area contributed by atoms with Gasteiger partial charge in [-0.2, -0.15) is 13.2 Å². The van der Waals surface area contributed by atoms with Crippen LogP contribution in [0.1, 0.15) is 5.56 Å². The summed E-state index contributed by atoms with van der Waals surface area (Å²) >= 11 is 8.59. The molecule has 0 amide bonds. The molecular formula is C13H7BrClF4N. The second-order valence-electron chi connectivity index (χ2n) is 3.94. The molecule has 0 heterocycles. The first kappa shape index (κ1) is 15.1. The second kappa shape index (κ2) is 5.61. The molecule has 0 aliphatic heterocycles. The van der Waals surface area contributed by atoms with Gasteiger partial charge in [0.25, 0.3) is 0 Å². The van der Waals surface area contributed by atoms with Gasteiger partial charge in [-0.1, -0.05) is 27.5 Å². The Labute approximate surface area is 125 Å². The van der Waals surface area contributed by atoms with Gasteiger partial charge >= 0.3 is 6.18 Å². The fourth-order valence-electron chi connectivity index (χ4n) is 1.59. The zero-order valence-corrected chi connectivity index (χ0v) is 12.1. The van der Waals surface area contributed by atoms with Crippen molar-refractivity contribution < 1.29 is 17.6 Å². The lowest BCUT2D eigenvalue weighted by atomic mass is 10.1. The van der Waals surface area contributed by atoms with Gasteiger partial charge in [0.1, 0.15) is 5.82 Å². The normalized spacial score (nSPS) is 11.5. The van der Waals surface area contributed by atoms with Crippen LogP contribution in [0.15, 0.2) is 40.9 Å².